The highest BCUT2D eigenvalue weighted by atomic mass is 32.1. The van der Waals surface area contributed by atoms with Gasteiger partial charge >= 0.3 is 5.97 Å². The maximum atomic E-state index is 12.6. The average Bonchev–Trinajstić information content (AvgIpc) is 3.44. The van der Waals surface area contributed by atoms with Gasteiger partial charge in [-0.3, -0.25) is 9.59 Å². The number of carbonyl (C=O) groups excluding carboxylic acids is 3. The van der Waals surface area contributed by atoms with Crippen LogP contribution in [-0.4, -0.2) is 41.9 Å². The minimum absolute atomic E-state index is 0.0467. The quantitative estimate of drug-likeness (QED) is 0.766. The van der Waals surface area contributed by atoms with E-state index in [1.165, 1.54) is 16.9 Å². The van der Waals surface area contributed by atoms with Gasteiger partial charge in [0.2, 0.25) is 0 Å². The monoisotopic (exact) mass is 412 g/mol. The third kappa shape index (κ3) is 4.34. The average molecular weight is 413 g/mol. The fraction of sp³-hybridized carbons (Fsp3) is 0.409. The highest BCUT2D eigenvalue weighted by Gasteiger charge is 2.36. The molecule has 1 aromatic heterocycles. The molecule has 2 aliphatic rings. The minimum Gasteiger partial charge on any atom is -0.454 e. The van der Waals surface area contributed by atoms with Crippen LogP contribution < -0.4 is 5.32 Å². The molecule has 2 amide bonds. The van der Waals surface area contributed by atoms with Crippen LogP contribution in [0, 0.1) is 0 Å². The predicted molar refractivity (Wildman–Crippen MR) is 110 cm³/mol. The number of thiophene rings is 1. The van der Waals surface area contributed by atoms with Crippen LogP contribution in [0.3, 0.4) is 0 Å². The smallest absolute Gasteiger partial charge is 0.329 e. The van der Waals surface area contributed by atoms with Gasteiger partial charge in [0.25, 0.3) is 11.8 Å². The SMILES string of the molecule is O=C(COC(=O)[C@@H]1CCCN1C(=O)c1cccs1)N[C@H]1CCCc2ccccc21. The second kappa shape index (κ2) is 8.78. The summed E-state index contributed by atoms with van der Waals surface area (Å²) in [6.45, 7) is 0.205. The number of nitrogens with one attached hydrogen (secondary N) is 1. The number of hydrogen-bond donors (Lipinski definition) is 1. The molecule has 1 N–H and O–H groups in total. The predicted octanol–water partition coefficient (Wildman–Crippen LogP) is 3.09. The first kappa shape index (κ1) is 19.6. The topological polar surface area (TPSA) is 75.7 Å². The fourth-order valence-electron chi connectivity index (χ4n) is 4.17. The Labute approximate surface area is 173 Å². The van der Waals surface area contributed by atoms with Crippen LogP contribution in [0.25, 0.3) is 0 Å². The number of nitrogens with zero attached hydrogens (tertiary/aromatic N) is 1. The Balaban J connectivity index is 1.31. The van der Waals surface area contributed by atoms with E-state index in [1.807, 2.05) is 29.6 Å². The first-order chi connectivity index (χ1) is 14.1. The van der Waals surface area contributed by atoms with Gasteiger partial charge in [0.15, 0.2) is 6.61 Å². The summed E-state index contributed by atoms with van der Waals surface area (Å²) < 4.78 is 5.27. The number of ether oxygens (including phenoxy) is 1. The number of amides is 2. The first-order valence-corrected chi connectivity index (χ1v) is 10.9. The van der Waals surface area contributed by atoms with Crippen molar-refractivity contribution >= 4 is 29.1 Å². The molecule has 6 nitrogen and oxygen atoms in total. The molecule has 1 aliphatic carbocycles. The third-order valence-corrected chi connectivity index (χ3v) is 6.43. The zero-order valence-corrected chi connectivity index (χ0v) is 17.0. The molecule has 0 saturated carbocycles. The molecule has 1 aliphatic heterocycles. The Hall–Kier alpha value is -2.67. The molecule has 29 heavy (non-hydrogen) atoms. The van der Waals surface area contributed by atoms with Crippen LogP contribution >= 0.6 is 11.3 Å². The summed E-state index contributed by atoms with van der Waals surface area (Å²) in [6, 6.07) is 11.0. The number of carbonyl (C=O) groups is 3. The largest absolute Gasteiger partial charge is 0.454 e. The van der Waals surface area contributed by atoms with Gasteiger partial charge in [0.05, 0.1) is 10.9 Å². The summed E-state index contributed by atoms with van der Waals surface area (Å²) >= 11 is 1.36. The summed E-state index contributed by atoms with van der Waals surface area (Å²) in [5.74, 6) is -0.969. The van der Waals surface area contributed by atoms with Crippen molar-refractivity contribution in [3.63, 3.8) is 0 Å². The molecule has 1 saturated heterocycles. The van der Waals surface area contributed by atoms with Crippen molar-refractivity contribution in [3.8, 4) is 0 Å². The Morgan fingerprint density at radius 3 is 2.79 bits per heavy atom. The molecular formula is C22H24N2O4S. The first-order valence-electron chi connectivity index (χ1n) is 10.0. The summed E-state index contributed by atoms with van der Waals surface area (Å²) in [5, 5.41) is 4.82. The molecule has 4 rings (SSSR count). The Kier molecular flexibility index (Phi) is 5.94. The number of benzene rings is 1. The van der Waals surface area contributed by atoms with Crippen LogP contribution in [0.15, 0.2) is 41.8 Å². The Morgan fingerprint density at radius 2 is 1.97 bits per heavy atom. The van der Waals surface area contributed by atoms with E-state index >= 15 is 0 Å². The van der Waals surface area contributed by atoms with Crippen molar-refractivity contribution in [3.05, 3.63) is 57.8 Å². The lowest BCUT2D eigenvalue weighted by Gasteiger charge is -2.26. The van der Waals surface area contributed by atoms with E-state index in [1.54, 1.807) is 11.0 Å². The molecule has 1 fully saturated rings. The van der Waals surface area contributed by atoms with Crippen molar-refractivity contribution in [1.82, 2.24) is 10.2 Å². The van der Waals surface area contributed by atoms with Crippen molar-refractivity contribution in [2.45, 2.75) is 44.2 Å². The number of likely N-dealkylation sites (tertiary alicyclic amines) is 1. The van der Waals surface area contributed by atoms with Gasteiger partial charge < -0.3 is 15.0 Å². The summed E-state index contributed by atoms with van der Waals surface area (Å²) in [5.41, 5.74) is 2.40. The van der Waals surface area contributed by atoms with Gasteiger partial charge in [-0.25, -0.2) is 4.79 Å². The molecule has 2 atom stereocenters. The van der Waals surface area contributed by atoms with Crippen LogP contribution in [0.1, 0.15) is 52.5 Å². The van der Waals surface area contributed by atoms with Gasteiger partial charge in [0, 0.05) is 6.54 Å². The van der Waals surface area contributed by atoms with E-state index in [-0.39, 0.29) is 24.5 Å². The molecule has 0 bridgehead atoms. The maximum Gasteiger partial charge on any atom is 0.329 e. The second-order valence-electron chi connectivity index (χ2n) is 7.45. The van der Waals surface area contributed by atoms with E-state index in [0.717, 1.165) is 31.2 Å². The molecule has 7 heteroatoms. The molecular weight excluding hydrogens is 388 g/mol. The van der Waals surface area contributed by atoms with Gasteiger partial charge in [-0.1, -0.05) is 30.3 Å². The van der Waals surface area contributed by atoms with Gasteiger partial charge in [-0.15, -0.1) is 11.3 Å². The molecule has 2 heterocycles. The van der Waals surface area contributed by atoms with Crippen LogP contribution in [0.5, 0.6) is 0 Å². The fourth-order valence-corrected chi connectivity index (χ4v) is 4.85. The third-order valence-electron chi connectivity index (χ3n) is 5.57. The highest BCUT2D eigenvalue weighted by Crippen LogP contribution is 2.29. The number of fused-ring (bicyclic) bond motifs is 1. The van der Waals surface area contributed by atoms with E-state index in [0.29, 0.717) is 17.8 Å². The summed E-state index contributed by atoms with van der Waals surface area (Å²) in [6.07, 6.45) is 4.23. The Bertz CT molecular complexity index is 896. The van der Waals surface area contributed by atoms with Crippen LogP contribution in [0.4, 0.5) is 0 Å². The maximum absolute atomic E-state index is 12.6. The molecule has 0 spiro atoms. The van der Waals surface area contributed by atoms with E-state index in [4.69, 9.17) is 4.74 Å². The van der Waals surface area contributed by atoms with Crippen molar-refractivity contribution < 1.29 is 19.1 Å². The number of rotatable bonds is 5. The van der Waals surface area contributed by atoms with Crippen molar-refractivity contribution in [2.75, 3.05) is 13.2 Å². The molecule has 0 unspecified atom stereocenters. The van der Waals surface area contributed by atoms with Gasteiger partial charge in [-0.05, 0) is 54.7 Å². The lowest BCUT2D eigenvalue weighted by atomic mass is 9.88. The molecule has 152 valence electrons. The number of hydrogen-bond acceptors (Lipinski definition) is 5. The van der Waals surface area contributed by atoms with E-state index in [9.17, 15) is 14.4 Å². The standard InChI is InChI=1S/C22H24N2O4S/c25-20(23-17-9-3-7-15-6-1-2-8-16(15)17)14-28-22(27)18-10-4-12-24(18)21(26)19-11-5-13-29-19/h1-2,5-6,8,11,13,17-18H,3-4,7,9-10,12,14H2,(H,23,25)/t17-,18-/m0/s1. The zero-order valence-electron chi connectivity index (χ0n) is 16.1. The molecule has 0 radical (unpaired) electrons. The van der Waals surface area contributed by atoms with E-state index in [2.05, 4.69) is 11.4 Å². The van der Waals surface area contributed by atoms with Gasteiger partial charge in [-0.2, -0.15) is 0 Å². The zero-order chi connectivity index (χ0) is 20.2. The molecule has 1 aromatic carbocycles. The lowest BCUT2D eigenvalue weighted by molar-refractivity contribution is -0.152. The summed E-state index contributed by atoms with van der Waals surface area (Å²) in [7, 11) is 0. The minimum atomic E-state index is -0.618. The van der Waals surface area contributed by atoms with Crippen molar-refractivity contribution in [2.24, 2.45) is 0 Å². The summed E-state index contributed by atoms with van der Waals surface area (Å²) in [4.78, 5) is 39.7. The second-order valence-corrected chi connectivity index (χ2v) is 8.40. The highest BCUT2D eigenvalue weighted by molar-refractivity contribution is 7.12. The van der Waals surface area contributed by atoms with E-state index < -0.39 is 12.0 Å². The lowest BCUT2D eigenvalue weighted by Crippen LogP contribution is -2.42. The van der Waals surface area contributed by atoms with Crippen LogP contribution in [-0.2, 0) is 20.7 Å². The number of aryl methyl sites for hydroxylation is 1. The Morgan fingerprint density at radius 1 is 1.10 bits per heavy atom. The normalized spacial score (nSPS) is 20.8. The van der Waals surface area contributed by atoms with Gasteiger partial charge in [0.1, 0.15) is 6.04 Å². The van der Waals surface area contributed by atoms with Crippen LogP contribution in [0.2, 0.25) is 0 Å². The van der Waals surface area contributed by atoms with Crippen molar-refractivity contribution in [1.29, 1.82) is 0 Å². The number of esters is 1. The molecule has 2 aromatic rings.